The fourth-order valence-electron chi connectivity index (χ4n) is 2.50. The van der Waals surface area contributed by atoms with Crippen LogP contribution in [-0.4, -0.2) is 49.3 Å². The Kier molecular flexibility index (Phi) is 5.73. The number of hydrogen-bond donors (Lipinski definition) is 2. The van der Waals surface area contributed by atoms with Gasteiger partial charge >= 0.3 is 0 Å². The van der Waals surface area contributed by atoms with Crippen molar-refractivity contribution in [2.75, 3.05) is 33.3 Å². The standard InChI is InChI=1S/C13H28N2O/c1-13(2,10-14-3)11-15(8-5-9-16)12-6-4-7-12/h12,14,16H,4-11H2,1-3H3. The topological polar surface area (TPSA) is 35.5 Å². The fraction of sp³-hybridized carbons (Fsp3) is 1.00. The Bertz CT molecular complexity index is 190. The van der Waals surface area contributed by atoms with E-state index in [-0.39, 0.29) is 0 Å². The van der Waals surface area contributed by atoms with Gasteiger partial charge in [0.1, 0.15) is 0 Å². The molecule has 0 heterocycles. The van der Waals surface area contributed by atoms with E-state index in [2.05, 4.69) is 24.1 Å². The highest BCUT2D eigenvalue weighted by atomic mass is 16.3. The zero-order chi connectivity index (χ0) is 12.0. The summed E-state index contributed by atoms with van der Waals surface area (Å²) >= 11 is 0. The van der Waals surface area contributed by atoms with Crippen molar-refractivity contribution in [3.05, 3.63) is 0 Å². The van der Waals surface area contributed by atoms with Gasteiger partial charge in [0.2, 0.25) is 0 Å². The van der Waals surface area contributed by atoms with Crippen molar-refractivity contribution < 1.29 is 5.11 Å². The minimum absolute atomic E-state index is 0.315. The Morgan fingerprint density at radius 3 is 2.50 bits per heavy atom. The first-order valence-electron chi connectivity index (χ1n) is 6.58. The molecule has 1 aliphatic carbocycles. The van der Waals surface area contributed by atoms with Gasteiger partial charge in [-0.3, -0.25) is 4.90 Å². The molecule has 0 aliphatic heterocycles. The van der Waals surface area contributed by atoms with E-state index in [1.807, 2.05) is 7.05 Å². The first-order valence-corrected chi connectivity index (χ1v) is 6.58. The average molecular weight is 228 g/mol. The molecule has 96 valence electrons. The third kappa shape index (κ3) is 4.40. The van der Waals surface area contributed by atoms with Crippen molar-refractivity contribution in [3.8, 4) is 0 Å². The largest absolute Gasteiger partial charge is 0.396 e. The lowest BCUT2D eigenvalue weighted by atomic mass is 9.87. The summed E-state index contributed by atoms with van der Waals surface area (Å²) < 4.78 is 0. The Balaban J connectivity index is 2.41. The van der Waals surface area contributed by atoms with Crippen LogP contribution in [0.25, 0.3) is 0 Å². The van der Waals surface area contributed by atoms with E-state index < -0.39 is 0 Å². The van der Waals surface area contributed by atoms with Gasteiger partial charge in [-0.1, -0.05) is 20.3 Å². The van der Waals surface area contributed by atoms with Crippen LogP contribution < -0.4 is 5.32 Å². The Morgan fingerprint density at radius 2 is 2.06 bits per heavy atom. The van der Waals surface area contributed by atoms with Crippen LogP contribution in [0.3, 0.4) is 0 Å². The van der Waals surface area contributed by atoms with Gasteiger partial charge in [-0.05, 0) is 31.7 Å². The SMILES string of the molecule is CNCC(C)(C)CN(CCCO)C1CCC1. The summed E-state index contributed by atoms with van der Waals surface area (Å²) in [4.78, 5) is 2.58. The number of nitrogens with one attached hydrogen (secondary N) is 1. The van der Waals surface area contributed by atoms with Crippen molar-refractivity contribution in [1.29, 1.82) is 0 Å². The van der Waals surface area contributed by atoms with Crippen molar-refractivity contribution in [1.82, 2.24) is 10.2 Å². The van der Waals surface area contributed by atoms with Crippen LogP contribution in [0, 0.1) is 5.41 Å². The van der Waals surface area contributed by atoms with E-state index in [0.29, 0.717) is 12.0 Å². The molecule has 0 saturated heterocycles. The Morgan fingerprint density at radius 1 is 1.38 bits per heavy atom. The second kappa shape index (κ2) is 6.58. The number of rotatable bonds is 8. The van der Waals surface area contributed by atoms with Gasteiger partial charge in [-0.25, -0.2) is 0 Å². The summed E-state index contributed by atoms with van der Waals surface area (Å²) in [5.74, 6) is 0. The van der Waals surface area contributed by atoms with Crippen LogP contribution >= 0.6 is 0 Å². The lowest BCUT2D eigenvalue weighted by molar-refractivity contribution is 0.0755. The van der Waals surface area contributed by atoms with Crippen LogP contribution in [0.15, 0.2) is 0 Å². The van der Waals surface area contributed by atoms with E-state index in [1.54, 1.807) is 0 Å². The molecule has 0 atom stereocenters. The maximum Gasteiger partial charge on any atom is 0.0443 e. The molecule has 1 aliphatic rings. The Labute approximate surface area is 100 Å². The van der Waals surface area contributed by atoms with Crippen LogP contribution in [0.4, 0.5) is 0 Å². The van der Waals surface area contributed by atoms with Gasteiger partial charge in [-0.15, -0.1) is 0 Å². The molecule has 1 rings (SSSR count). The molecule has 1 fully saturated rings. The minimum atomic E-state index is 0.315. The molecule has 0 bridgehead atoms. The summed E-state index contributed by atoms with van der Waals surface area (Å²) in [5, 5.41) is 12.2. The summed E-state index contributed by atoms with van der Waals surface area (Å²) in [5.41, 5.74) is 0.319. The molecular weight excluding hydrogens is 200 g/mol. The summed E-state index contributed by atoms with van der Waals surface area (Å²) in [6, 6.07) is 0.780. The van der Waals surface area contributed by atoms with Crippen LogP contribution in [0.5, 0.6) is 0 Å². The summed E-state index contributed by atoms with van der Waals surface area (Å²) in [7, 11) is 2.02. The molecule has 0 unspecified atom stereocenters. The van der Waals surface area contributed by atoms with Gasteiger partial charge in [0.25, 0.3) is 0 Å². The fourth-order valence-corrected chi connectivity index (χ4v) is 2.50. The molecule has 0 aromatic heterocycles. The zero-order valence-electron chi connectivity index (χ0n) is 11.1. The predicted octanol–water partition coefficient (Wildman–Crippen LogP) is 1.47. The first-order chi connectivity index (χ1) is 7.59. The van der Waals surface area contributed by atoms with E-state index in [9.17, 15) is 0 Å². The molecule has 0 amide bonds. The van der Waals surface area contributed by atoms with Crippen molar-refractivity contribution in [2.24, 2.45) is 5.41 Å². The van der Waals surface area contributed by atoms with Gasteiger partial charge < -0.3 is 10.4 Å². The highest BCUT2D eigenvalue weighted by Gasteiger charge is 2.29. The molecular formula is C13H28N2O. The average Bonchev–Trinajstić information content (AvgIpc) is 2.10. The molecule has 0 aromatic rings. The van der Waals surface area contributed by atoms with Gasteiger partial charge in [-0.2, -0.15) is 0 Å². The highest BCUT2D eigenvalue weighted by molar-refractivity contribution is 4.84. The van der Waals surface area contributed by atoms with E-state index in [4.69, 9.17) is 5.11 Å². The first kappa shape index (κ1) is 13.9. The van der Waals surface area contributed by atoms with Crippen molar-refractivity contribution in [3.63, 3.8) is 0 Å². The second-order valence-electron chi connectivity index (χ2n) is 5.83. The number of hydrogen-bond acceptors (Lipinski definition) is 3. The molecule has 0 spiro atoms. The zero-order valence-corrected chi connectivity index (χ0v) is 11.1. The molecule has 16 heavy (non-hydrogen) atoms. The monoisotopic (exact) mass is 228 g/mol. The lowest BCUT2D eigenvalue weighted by Gasteiger charge is -2.42. The molecule has 2 N–H and O–H groups in total. The normalized spacial score (nSPS) is 17.8. The summed E-state index contributed by atoms with van der Waals surface area (Å²) in [6.07, 6.45) is 4.99. The molecule has 0 aromatic carbocycles. The highest BCUT2D eigenvalue weighted by Crippen LogP contribution is 2.28. The third-order valence-electron chi connectivity index (χ3n) is 3.48. The molecule has 0 radical (unpaired) electrons. The van der Waals surface area contributed by atoms with Gasteiger partial charge in [0.15, 0.2) is 0 Å². The van der Waals surface area contributed by atoms with Crippen LogP contribution in [0.2, 0.25) is 0 Å². The quantitative estimate of drug-likeness (QED) is 0.660. The van der Waals surface area contributed by atoms with Gasteiger partial charge in [0.05, 0.1) is 0 Å². The number of aliphatic hydroxyl groups excluding tert-OH is 1. The smallest absolute Gasteiger partial charge is 0.0443 e. The minimum Gasteiger partial charge on any atom is -0.396 e. The molecule has 1 saturated carbocycles. The maximum absolute atomic E-state index is 8.95. The number of nitrogens with zero attached hydrogens (tertiary/aromatic N) is 1. The molecule has 3 heteroatoms. The third-order valence-corrected chi connectivity index (χ3v) is 3.48. The van der Waals surface area contributed by atoms with Crippen LogP contribution in [0.1, 0.15) is 39.5 Å². The van der Waals surface area contributed by atoms with Gasteiger partial charge in [0, 0.05) is 32.3 Å². The predicted molar refractivity (Wildman–Crippen MR) is 68.6 cm³/mol. The van der Waals surface area contributed by atoms with E-state index in [0.717, 1.165) is 32.1 Å². The molecule has 3 nitrogen and oxygen atoms in total. The van der Waals surface area contributed by atoms with Crippen molar-refractivity contribution >= 4 is 0 Å². The van der Waals surface area contributed by atoms with E-state index >= 15 is 0 Å². The van der Waals surface area contributed by atoms with Crippen LogP contribution in [-0.2, 0) is 0 Å². The van der Waals surface area contributed by atoms with Crippen molar-refractivity contribution in [2.45, 2.75) is 45.6 Å². The Hall–Kier alpha value is -0.120. The summed E-state index contributed by atoms with van der Waals surface area (Å²) in [6.45, 7) is 8.18. The maximum atomic E-state index is 8.95. The lowest BCUT2D eigenvalue weighted by Crippen LogP contribution is -2.47. The van der Waals surface area contributed by atoms with E-state index in [1.165, 1.54) is 19.3 Å². The number of aliphatic hydroxyl groups is 1. The second-order valence-corrected chi connectivity index (χ2v) is 5.83.